The van der Waals surface area contributed by atoms with E-state index in [-0.39, 0.29) is 17.7 Å². The van der Waals surface area contributed by atoms with Gasteiger partial charge in [0.25, 0.3) is 0 Å². The SMILES string of the molecule is CN(C)CCCN1CC(C(=O)N2CCN(c3ncccn3)CC2)CC1=O. The molecule has 2 amide bonds. The molecule has 0 radical (unpaired) electrons. The molecule has 2 aliphatic heterocycles. The molecule has 0 bridgehead atoms. The molecule has 0 N–H and O–H groups in total. The van der Waals surface area contributed by atoms with Crippen molar-refractivity contribution >= 4 is 17.8 Å². The molecular formula is C18H28N6O2. The summed E-state index contributed by atoms with van der Waals surface area (Å²) in [5.74, 6) is 0.740. The van der Waals surface area contributed by atoms with Crippen LogP contribution in [-0.4, -0.2) is 96.4 Å². The smallest absolute Gasteiger partial charge is 0.228 e. The number of carbonyl (C=O) groups is 2. The van der Waals surface area contributed by atoms with Crippen molar-refractivity contribution in [2.45, 2.75) is 12.8 Å². The zero-order valence-corrected chi connectivity index (χ0v) is 15.7. The predicted molar refractivity (Wildman–Crippen MR) is 98.7 cm³/mol. The minimum atomic E-state index is -0.193. The minimum absolute atomic E-state index is 0.110. The summed E-state index contributed by atoms with van der Waals surface area (Å²) in [6.07, 6.45) is 4.75. The van der Waals surface area contributed by atoms with Gasteiger partial charge in [-0.15, -0.1) is 0 Å². The van der Waals surface area contributed by atoms with Crippen LogP contribution in [0.3, 0.4) is 0 Å². The van der Waals surface area contributed by atoms with Crippen LogP contribution in [0.15, 0.2) is 18.5 Å². The van der Waals surface area contributed by atoms with Gasteiger partial charge in [0.05, 0.1) is 5.92 Å². The summed E-state index contributed by atoms with van der Waals surface area (Å²) in [5.41, 5.74) is 0. The van der Waals surface area contributed by atoms with Gasteiger partial charge in [-0.2, -0.15) is 0 Å². The Morgan fingerprint density at radius 2 is 1.88 bits per heavy atom. The van der Waals surface area contributed by atoms with Gasteiger partial charge in [-0.3, -0.25) is 9.59 Å². The molecule has 3 heterocycles. The zero-order chi connectivity index (χ0) is 18.5. The van der Waals surface area contributed by atoms with E-state index >= 15 is 0 Å². The Bertz CT molecular complexity index is 615. The van der Waals surface area contributed by atoms with Crippen LogP contribution in [0, 0.1) is 5.92 Å². The van der Waals surface area contributed by atoms with Gasteiger partial charge in [0.1, 0.15) is 0 Å². The van der Waals surface area contributed by atoms with Gasteiger partial charge in [0, 0.05) is 58.1 Å². The van der Waals surface area contributed by atoms with Gasteiger partial charge in [0.15, 0.2) is 0 Å². The Balaban J connectivity index is 1.47. The van der Waals surface area contributed by atoms with Crippen molar-refractivity contribution in [3.05, 3.63) is 18.5 Å². The van der Waals surface area contributed by atoms with Gasteiger partial charge < -0.3 is 19.6 Å². The summed E-state index contributed by atoms with van der Waals surface area (Å²) < 4.78 is 0. The molecule has 2 aliphatic rings. The number of hydrogen-bond donors (Lipinski definition) is 0. The molecule has 26 heavy (non-hydrogen) atoms. The normalized spacial score (nSPS) is 21.0. The number of anilines is 1. The predicted octanol–water partition coefficient (Wildman–Crippen LogP) is -0.0746. The molecular weight excluding hydrogens is 332 g/mol. The lowest BCUT2D eigenvalue weighted by molar-refractivity contribution is -0.136. The molecule has 1 unspecified atom stereocenters. The molecule has 8 nitrogen and oxygen atoms in total. The maximum Gasteiger partial charge on any atom is 0.228 e. The second-order valence-electron chi connectivity index (χ2n) is 7.26. The van der Waals surface area contributed by atoms with E-state index in [1.54, 1.807) is 18.5 Å². The van der Waals surface area contributed by atoms with Crippen molar-refractivity contribution in [2.75, 3.05) is 64.8 Å². The molecule has 0 aliphatic carbocycles. The molecule has 0 spiro atoms. The molecule has 0 aromatic carbocycles. The van der Waals surface area contributed by atoms with Crippen molar-refractivity contribution in [3.8, 4) is 0 Å². The van der Waals surface area contributed by atoms with Crippen LogP contribution in [0.2, 0.25) is 0 Å². The van der Waals surface area contributed by atoms with E-state index in [0.717, 1.165) is 32.6 Å². The second kappa shape index (κ2) is 8.44. The Labute approximate surface area is 154 Å². The summed E-state index contributed by atoms with van der Waals surface area (Å²) in [5, 5.41) is 0. The molecule has 3 rings (SSSR count). The number of piperazine rings is 1. The lowest BCUT2D eigenvalue weighted by Gasteiger charge is -2.35. The number of nitrogens with zero attached hydrogens (tertiary/aromatic N) is 6. The molecule has 2 saturated heterocycles. The zero-order valence-electron chi connectivity index (χ0n) is 15.7. The number of aromatic nitrogens is 2. The Morgan fingerprint density at radius 3 is 2.54 bits per heavy atom. The van der Waals surface area contributed by atoms with Crippen LogP contribution in [0.4, 0.5) is 5.95 Å². The van der Waals surface area contributed by atoms with Crippen LogP contribution in [0.5, 0.6) is 0 Å². The highest BCUT2D eigenvalue weighted by atomic mass is 16.2. The fourth-order valence-corrected chi connectivity index (χ4v) is 3.57. The average molecular weight is 360 g/mol. The van der Waals surface area contributed by atoms with E-state index in [9.17, 15) is 9.59 Å². The topological polar surface area (TPSA) is 72.9 Å². The first kappa shape index (κ1) is 18.6. The molecule has 0 saturated carbocycles. The first-order valence-corrected chi connectivity index (χ1v) is 9.28. The summed E-state index contributed by atoms with van der Waals surface area (Å²) in [6.45, 7) is 5.01. The maximum absolute atomic E-state index is 12.8. The van der Waals surface area contributed by atoms with Crippen LogP contribution < -0.4 is 4.90 Å². The fourth-order valence-electron chi connectivity index (χ4n) is 3.57. The lowest BCUT2D eigenvalue weighted by Crippen LogP contribution is -2.51. The third-order valence-electron chi connectivity index (χ3n) is 5.02. The maximum atomic E-state index is 12.8. The minimum Gasteiger partial charge on any atom is -0.342 e. The Hall–Kier alpha value is -2.22. The molecule has 142 valence electrons. The van der Waals surface area contributed by atoms with Crippen molar-refractivity contribution in [1.29, 1.82) is 0 Å². The standard InChI is InChI=1S/C18H28N6O2/c1-21(2)7-4-8-24-14-15(13-16(24)25)17(26)22-9-11-23(12-10-22)18-19-5-3-6-20-18/h3,5-6,15H,4,7-14H2,1-2H3. The first-order chi connectivity index (χ1) is 12.5. The largest absolute Gasteiger partial charge is 0.342 e. The van der Waals surface area contributed by atoms with E-state index in [2.05, 4.69) is 19.8 Å². The second-order valence-corrected chi connectivity index (χ2v) is 7.26. The van der Waals surface area contributed by atoms with Gasteiger partial charge in [-0.05, 0) is 33.1 Å². The van der Waals surface area contributed by atoms with Crippen molar-refractivity contribution in [1.82, 2.24) is 24.7 Å². The molecule has 1 atom stereocenters. The van der Waals surface area contributed by atoms with Crippen LogP contribution >= 0.6 is 0 Å². The average Bonchev–Trinajstić information content (AvgIpc) is 3.02. The van der Waals surface area contributed by atoms with Crippen molar-refractivity contribution < 1.29 is 9.59 Å². The third kappa shape index (κ3) is 4.49. The highest BCUT2D eigenvalue weighted by Gasteiger charge is 2.37. The quantitative estimate of drug-likeness (QED) is 0.707. The van der Waals surface area contributed by atoms with Gasteiger partial charge in [0.2, 0.25) is 17.8 Å². The van der Waals surface area contributed by atoms with Crippen LogP contribution in [-0.2, 0) is 9.59 Å². The number of amides is 2. The van der Waals surface area contributed by atoms with Gasteiger partial charge in [-0.1, -0.05) is 0 Å². The summed E-state index contributed by atoms with van der Waals surface area (Å²) >= 11 is 0. The highest BCUT2D eigenvalue weighted by molar-refractivity contribution is 5.89. The third-order valence-corrected chi connectivity index (χ3v) is 5.02. The number of carbonyl (C=O) groups excluding carboxylic acids is 2. The van der Waals surface area contributed by atoms with E-state index < -0.39 is 0 Å². The van der Waals surface area contributed by atoms with E-state index in [1.807, 2.05) is 23.9 Å². The Kier molecular flexibility index (Phi) is 6.03. The van der Waals surface area contributed by atoms with E-state index in [4.69, 9.17) is 0 Å². The van der Waals surface area contributed by atoms with Crippen molar-refractivity contribution in [3.63, 3.8) is 0 Å². The van der Waals surface area contributed by atoms with Crippen LogP contribution in [0.25, 0.3) is 0 Å². The highest BCUT2D eigenvalue weighted by Crippen LogP contribution is 2.21. The molecule has 8 heteroatoms. The van der Waals surface area contributed by atoms with Crippen molar-refractivity contribution in [2.24, 2.45) is 5.92 Å². The lowest BCUT2D eigenvalue weighted by atomic mass is 10.1. The van der Waals surface area contributed by atoms with E-state index in [1.165, 1.54) is 0 Å². The number of likely N-dealkylation sites (tertiary alicyclic amines) is 1. The Morgan fingerprint density at radius 1 is 1.19 bits per heavy atom. The number of rotatable bonds is 6. The summed E-state index contributed by atoms with van der Waals surface area (Å²) in [6, 6.07) is 1.80. The van der Waals surface area contributed by atoms with E-state index in [0.29, 0.717) is 32.0 Å². The fraction of sp³-hybridized carbons (Fsp3) is 0.667. The molecule has 1 aromatic rings. The molecule has 1 aromatic heterocycles. The number of hydrogen-bond acceptors (Lipinski definition) is 6. The summed E-state index contributed by atoms with van der Waals surface area (Å²) in [7, 11) is 4.05. The van der Waals surface area contributed by atoms with Crippen LogP contribution in [0.1, 0.15) is 12.8 Å². The first-order valence-electron chi connectivity index (χ1n) is 9.28. The van der Waals surface area contributed by atoms with Gasteiger partial charge >= 0.3 is 0 Å². The van der Waals surface area contributed by atoms with Gasteiger partial charge in [-0.25, -0.2) is 9.97 Å². The monoisotopic (exact) mass is 360 g/mol. The molecule has 2 fully saturated rings. The summed E-state index contributed by atoms with van der Waals surface area (Å²) in [4.78, 5) is 41.5.